The van der Waals surface area contributed by atoms with Gasteiger partial charge in [0.05, 0.1) is 11.9 Å². The third-order valence-corrected chi connectivity index (χ3v) is 4.66. The molecule has 0 saturated carbocycles. The highest BCUT2D eigenvalue weighted by Gasteiger charge is 2.14. The maximum atomic E-state index is 13.2. The van der Waals surface area contributed by atoms with Crippen LogP contribution in [-0.2, 0) is 6.54 Å². The maximum absolute atomic E-state index is 13.2. The number of benzene rings is 1. The van der Waals surface area contributed by atoms with Gasteiger partial charge in [0.25, 0.3) is 5.56 Å². The fraction of sp³-hybridized carbons (Fsp3) is 0.200. The van der Waals surface area contributed by atoms with Crippen LogP contribution in [0.3, 0.4) is 0 Å². The van der Waals surface area contributed by atoms with Crippen LogP contribution in [0, 0.1) is 19.7 Å². The van der Waals surface area contributed by atoms with Gasteiger partial charge >= 0.3 is 5.69 Å². The minimum Gasteiger partial charge on any atom is -0.298 e. The van der Waals surface area contributed by atoms with Crippen molar-refractivity contribution in [1.82, 2.24) is 9.55 Å². The summed E-state index contributed by atoms with van der Waals surface area (Å²) in [6, 6.07) is 5.89. The Labute approximate surface area is 123 Å². The Morgan fingerprint density at radius 1 is 1.29 bits per heavy atom. The van der Waals surface area contributed by atoms with Crippen LogP contribution in [0.25, 0.3) is 10.2 Å². The number of hydrogen-bond donors (Lipinski definition) is 1. The highest BCUT2D eigenvalue weighted by Crippen LogP contribution is 2.24. The summed E-state index contributed by atoms with van der Waals surface area (Å²) in [6.45, 7) is 3.82. The molecule has 0 atom stereocenters. The standard InChI is InChI=1S/C15H13FN2O2S/c1-8-9(2)21-13-12(8)14(19)18(15(20)17-13)7-10-4-3-5-11(16)6-10/h3-6H,7H2,1-2H3,(H,17,20). The number of aromatic amines is 1. The van der Waals surface area contributed by atoms with Gasteiger partial charge < -0.3 is 0 Å². The third kappa shape index (κ3) is 2.31. The molecule has 6 heteroatoms. The van der Waals surface area contributed by atoms with E-state index in [1.807, 2.05) is 13.8 Å². The number of nitrogens with one attached hydrogen (secondary N) is 1. The van der Waals surface area contributed by atoms with Crippen molar-refractivity contribution in [3.63, 3.8) is 0 Å². The summed E-state index contributed by atoms with van der Waals surface area (Å²) >= 11 is 1.40. The van der Waals surface area contributed by atoms with Crippen molar-refractivity contribution in [3.8, 4) is 0 Å². The average Bonchev–Trinajstić information content (AvgIpc) is 2.70. The van der Waals surface area contributed by atoms with Crippen molar-refractivity contribution in [2.75, 3.05) is 0 Å². The number of fused-ring (bicyclic) bond motifs is 1. The Bertz CT molecular complexity index is 952. The molecule has 2 aromatic heterocycles. The summed E-state index contributed by atoms with van der Waals surface area (Å²) in [5, 5.41) is 0.536. The highest BCUT2D eigenvalue weighted by molar-refractivity contribution is 7.18. The molecule has 0 aliphatic carbocycles. The van der Waals surface area contributed by atoms with E-state index in [-0.39, 0.29) is 17.9 Å². The fourth-order valence-corrected chi connectivity index (χ4v) is 3.37. The third-order valence-electron chi connectivity index (χ3n) is 3.54. The van der Waals surface area contributed by atoms with Gasteiger partial charge in [0.1, 0.15) is 10.6 Å². The normalized spacial score (nSPS) is 11.2. The number of hydrogen-bond acceptors (Lipinski definition) is 3. The molecule has 0 aliphatic heterocycles. The first kappa shape index (κ1) is 13.8. The van der Waals surface area contributed by atoms with Gasteiger partial charge in [-0.2, -0.15) is 0 Å². The smallest absolute Gasteiger partial charge is 0.298 e. The summed E-state index contributed by atoms with van der Waals surface area (Å²) in [4.78, 5) is 28.9. The predicted octanol–water partition coefficient (Wildman–Crippen LogP) is 2.56. The zero-order chi connectivity index (χ0) is 15.1. The van der Waals surface area contributed by atoms with Gasteiger partial charge in [-0.1, -0.05) is 12.1 Å². The summed E-state index contributed by atoms with van der Waals surface area (Å²) in [6.07, 6.45) is 0. The van der Waals surface area contributed by atoms with Gasteiger partial charge in [-0.3, -0.25) is 14.3 Å². The lowest BCUT2D eigenvalue weighted by molar-refractivity contribution is 0.621. The van der Waals surface area contributed by atoms with Crippen LogP contribution >= 0.6 is 11.3 Å². The van der Waals surface area contributed by atoms with E-state index in [1.165, 1.54) is 23.5 Å². The second-order valence-electron chi connectivity index (χ2n) is 4.94. The van der Waals surface area contributed by atoms with E-state index in [0.717, 1.165) is 15.0 Å². The number of H-pyrrole nitrogens is 1. The van der Waals surface area contributed by atoms with Crippen LogP contribution in [-0.4, -0.2) is 9.55 Å². The van der Waals surface area contributed by atoms with Crippen LogP contribution < -0.4 is 11.2 Å². The van der Waals surface area contributed by atoms with E-state index in [1.54, 1.807) is 12.1 Å². The lowest BCUT2D eigenvalue weighted by atomic mass is 10.2. The van der Waals surface area contributed by atoms with E-state index < -0.39 is 5.69 Å². The molecule has 1 aromatic carbocycles. The Balaban J connectivity index is 2.21. The Morgan fingerprint density at radius 3 is 2.76 bits per heavy atom. The van der Waals surface area contributed by atoms with Crippen molar-refractivity contribution < 1.29 is 4.39 Å². The van der Waals surface area contributed by atoms with Crippen LogP contribution in [0.15, 0.2) is 33.9 Å². The van der Waals surface area contributed by atoms with Gasteiger partial charge in [-0.05, 0) is 37.1 Å². The molecule has 1 N–H and O–H groups in total. The van der Waals surface area contributed by atoms with Gasteiger partial charge in [-0.25, -0.2) is 9.18 Å². The summed E-state index contributed by atoms with van der Waals surface area (Å²) in [5.74, 6) is -0.388. The average molecular weight is 304 g/mol. The van der Waals surface area contributed by atoms with Crippen LogP contribution in [0.2, 0.25) is 0 Å². The lowest BCUT2D eigenvalue weighted by Gasteiger charge is -2.05. The van der Waals surface area contributed by atoms with Crippen molar-refractivity contribution in [3.05, 3.63) is 66.9 Å². The second kappa shape index (κ2) is 4.96. The van der Waals surface area contributed by atoms with Gasteiger partial charge in [0.2, 0.25) is 0 Å². The molecule has 2 heterocycles. The zero-order valence-electron chi connectivity index (χ0n) is 11.6. The van der Waals surface area contributed by atoms with Gasteiger partial charge in [0.15, 0.2) is 0 Å². The van der Waals surface area contributed by atoms with E-state index >= 15 is 0 Å². The van der Waals surface area contributed by atoms with Gasteiger partial charge in [-0.15, -0.1) is 11.3 Å². The quantitative estimate of drug-likeness (QED) is 0.791. The summed E-state index contributed by atoms with van der Waals surface area (Å²) in [5.41, 5.74) is 0.647. The largest absolute Gasteiger partial charge is 0.329 e. The molecule has 0 aliphatic rings. The van der Waals surface area contributed by atoms with E-state index in [4.69, 9.17) is 0 Å². The molecule has 21 heavy (non-hydrogen) atoms. The number of thiophene rings is 1. The zero-order valence-corrected chi connectivity index (χ0v) is 12.4. The van der Waals surface area contributed by atoms with Crippen LogP contribution in [0.4, 0.5) is 4.39 Å². The monoisotopic (exact) mass is 304 g/mol. The van der Waals surface area contributed by atoms with Crippen LogP contribution in [0.1, 0.15) is 16.0 Å². The molecule has 0 saturated heterocycles. The molecular formula is C15H13FN2O2S. The summed E-state index contributed by atoms with van der Waals surface area (Å²) < 4.78 is 14.3. The molecule has 4 nitrogen and oxygen atoms in total. The van der Waals surface area contributed by atoms with Crippen molar-refractivity contribution in [2.24, 2.45) is 0 Å². The molecule has 0 unspecified atom stereocenters. The number of aryl methyl sites for hydroxylation is 2. The van der Waals surface area contributed by atoms with E-state index in [2.05, 4.69) is 4.98 Å². The van der Waals surface area contributed by atoms with E-state index in [0.29, 0.717) is 15.8 Å². The Kier molecular flexibility index (Phi) is 3.25. The van der Waals surface area contributed by atoms with Crippen molar-refractivity contribution >= 4 is 21.6 Å². The highest BCUT2D eigenvalue weighted by atomic mass is 32.1. The topological polar surface area (TPSA) is 54.9 Å². The maximum Gasteiger partial charge on any atom is 0.329 e. The molecule has 3 aromatic rings. The first-order chi connectivity index (χ1) is 9.97. The molecule has 0 spiro atoms. The minimum atomic E-state index is -0.474. The molecular weight excluding hydrogens is 291 g/mol. The molecule has 3 rings (SSSR count). The first-order valence-corrected chi connectivity index (χ1v) is 7.26. The van der Waals surface area contributed by atoms with Gasteiger partial charge in [0, 0.05) is 4.88 Å². The number of halogens is 1. The minimum absolute atomic E-state index is 0.0518. The van der Waals surface area contributed by atoms with Crippen molar-refractivity contribution in [2.45, 2.75) is 20.4 Å². The predicted molar refractivity (Wildman–Crippen MR) is 81.7 cm³/mol. The number of nitrogens with zero attached hydrogens (tertiary/aromatic N) is 1. The fourth-order valence-electron chi connectivity index (χ4n) is 2.33. The molecule has 0 amide bonds. The first-order valence-electron chi connectivity index (χ1n) is 6.44. The number of rotatable bonds is 2. The molecule has 108 valence electrons. The Morgan fingerprint density at radius 2 is 2.05 bits per heavy atom. The number of aromatic nitrogens is 2. The molecule has 0 fully saturated rings. The SMILES string of the molecule is Cc1sc2[nH]c(=O)n(Cc3cccc(F)c3)c(=O)c2c1C. The second-order valence-corrected chi connectivity index (χ2v) is 6.16. The van der Waals surface area contributed by atoms with Crippen molar-refractivity contribution in [1.29, 1.82) is 0 Å². The summed E-state index contributed by atoms with van der Waals surface area (Å²) in [7, 11) is 0. The Hall–Kier alpha value is -2.21. The van der Waals surface area contributed by atoms with Crippen LogP contribution in [0.5, 0.6) is 0 Å². The molecule has 0 bridgehead atoms. The van der Waals surface area contributed by atoms with E-state index in [9.17, 15) is 14.0 Å². The molecule has 0 radical (unpaired) electrons. The lowest BCUT2D eigenvalue weighted by Crippen LogP contribution is -2.35.